The van der Waals surface area contributed by atoms with Crippen molar-refractivity contribution in [2.45, 2.75) is 38.7 Å². The monoisotopic (exact) mass is 206 g/mol. The fourth-order valence-electron chi connectivity index (χ4n) is 2.60. The molecule has 2 heteroatoms. The molecule has 2 N–H and O–H groups in total. The third-order valence-electron chi connectivity index (χ3n) is 3.78. The molecule has 1 aliphatic carbocycles. The van der Waals surface area contributed by atoms with Crippen LogP contribution in [-0.2, 0) is 0 Å². The summed E-state index contributed by atoms with van der Waals surface area (Å²) in [5.74, 6) is 0.697. The maximum atomic E-state index is 9.89. The summed E-state index contributed by atoms with van der Waals surface area (Å²) in [5.41, 5.74) is 1.16. The molecule has 0 unspecified atom stereocenters. The zero-order chi connectivity index (χ0) is 11.1. The van der Waals surface area contributed by atoms with Crippen molar-refractivity contribution in [2.75, 3.05) is 0 Å². The van der Waals surface area contributed by atoms with E-state index in [1.807, 2.05) is 12.1 Å². The summed E-state index contributed by atoms with van der Waals surface area (Å²) in [6.07, 6.45) is 1.69. The smallest absolute Gasteiger partial charge is 0.115 e. The lowest BCUT2D eigenvalue weighted by Gasteiger charge is -2.30. The van der Waals surface area contributed by atoms with Crippen LogP contribution in [0, 0.1) is 5.41 Å². The second-order valence-electron chi connectivity index (χ2n) is 5.06. The Morgan fingerprint density at radius 3 is 2.20 bits per heavy atom. The lowest BCUT2D eigenvalue weighted by atomic mass is 9.76. The van der Waals surface area contributed by atoms with Crippen LogP contribution in [0.2, 0.25) is 0 Å². The van der Waals surface area contributed by atoms with Crippen molar-refractivity contribution >= 4 is 0 Å². The molecule has 0 saturated heterocycles. The summed E-state index contributed by atoms with van der Waals surface area (Å²) in [6, 6.07) is 7.35. The highest BCUT2D eigenvalue weighted by molar-refractivity contribution is 5.30. The van der Waals surface area contributed by atoms with Gasteiger partial charge in [-0.3, -0.25) is 0 Å². The first-order chi connectivity index (χ1) is 7.01. The van der Waals surface area contributed by atoms with Crippen LogP contribution in [0.1, 0.15) is 38.2 Å². The maximum Gasteiger partial charge on any atom is 0.115 e. The normalized spacial score (nSPS) is 29.3. The van der Waals surface area contributed by atoms with Gasteiger partial charge >= 0.3 is 0 Å². The minimum absolute atomic E-state index is 0.0586. The minimum Gasteiger partial charge on any atom is -0.508 e. The molecule has 1 fully saturated rings. The van der Waals surface area contributed by atoms with E-state index in [9.17, 15) is 10.2 Å². The Hall–Kier alpha value is -1.02. The predicted octanol–water partition coefficient (Wildman–Crippen LogP) is 2.66. The summed E-state index contributed by atoms with van der Waals surface area (Å²) in [5, 5.41) is 19.1. The number of aliphatic hydroxyl groups is 1. The van der Waals surface area contributed by atoms with Gasteiger partial charge in [-0.2, -0.15) is 0 Å². The molecule has 0 heterocycles. The van der Waals surface area contributed by atoms with Gasteiger partial charge < -0.3 is 10.2 Å². The summed E-state index contributed by atoms with van der Waals surface area (Å²) < 4.78 is 0. The van der Waals surface area contributed by atoms with Crippen molar-refractivity contribution in [3.8, 4) is 5.75 Å². The van der Waals surface area contributed by atoms with Crippen molar-refractivity contribution in [3.63, 3.8) is 0 Å². The number of benzene rings is 1. The highest BCUT2D eigenvalue weighted by Crippen LogP contribution is 2.48. The van der Waals surface area contributed by atoms with Crippen LogP contribution < -0.4 is 0 Å². The number of hydrogen-bond acceptors (Lipinski definition) is 2. The predicted molar refractivity (Wildman–Crippen MR) is 59.9 cm³/mol. The van der Waals surface area contributed by atoms with E-state index in [1.54, 1.807) is 12.1 Å². The Morgan fingerprint density at radius 1 is 1.13 bits per heavy atom. The molecule has 1 aromatic rings. The third kappa shape index (κ3) is 1.74. The maximum absolute atomic E-state index is 9.89. The van der Waals surface area contributed by atoms with Crippen LogP contribution in [0.15, 0.2) is 24.3 Å². The molecule has 82 valence electrons. The molecule has 0 amide bonds. The lowest BCUT2D eigenvalue weighted by Crippen LogP contribution is -2.27. The molecule has 2 atom stereocenters. The second kappa shape index (κ2) is 3.53. The van der Waals surface area contributed by atoms with Crippen LogP contribution in [0.3, 0.4) is 0 Å². The molecule has 1 aliphatic rings. The first-order valence-corrected chi connectivity index (χ1v) is 5.49. The molecular weight excluding hydrogens is 188 g/mol. The van der Waals surface area contributed by atoms with E-state index >= 15 is 0 Å². The van der Waals surface area contributed by atoms with Crippen LogP contribution in [-0.4, -0.2) is 16.3 Å². The van der Waals surface area contributed by atoms with Gasteiger partial charge in [0.2, 0.25) is 0 Å². The topological polar surface area (TPSA) is 40.5 Å². The summed E-state index contributed by atoms with van der Waals surface area (Å²) >= 11 is 0. The Labute approximate surface area is 90.6 Å². The SMILES string of the molecule is CC1(C)[C@@H](c2ccc(O)cc2)CC[C@@H]1O. The van der Waals surface area contributed by atoms with E-state index in [-0.39, 0.29) is 11.5 Å². The fourth-order valence-corrected chi connectivity index (χ4v) is 2.60. The molecule has 0 bridgehead atoms. The Bertz CT molecular complexity index is 340. The van der Waals surface area contributed by atoms with Gasteiger partial charge in [0, 0.05) is 0 Å². The quantitative estimate of drug-likeness (QED) is 0.741. The zero-order valence-electron chi connectivity index (χ0n) is 9.27. The summed E-state index contributed by atoms with van der Waals surface area (Å²) in [7, 11) is 0. The number of phenolic OH excluding ortho intramolecular Hbond substituents is 1. The molecule has 0 radical (unpaired) electrons. The fraction of sp³-hybridized carbons (Fsp3) is 0.538. The summed E-state index contributed by atoms with van der Waals surface area (Å²) in [4.78, 5) is 0. The van der Waals surface area contributed by atoms with Crippen LogP contribution in [0.25, 0.3) is 0 Å². The average Bonchev–Trinajstić information content (AvgIpc) is 2.44. The van der Waals surface area contributed by atoms with E-state index in [4.69, 9.17) is 0 Å². The highest BCUT2D eigenvalue weighted by Gasteiger charge is 2.42. The second-order valence-corrected chi connectivity index (χ2v) is 5.06. The molecule has 1 saturated carbocycles. The van der Waals surface area contributed by atoms with Crippen molar-refractivity contribution in [1.82, 2.24) is 0 Å². The molecule has 0 aliphatic heterocycles. The van der Waals surface area contributed by atoms with Gasteiger partial charge in [-0.05, 0) is 41.9 Å². The molecule has 2 nitrogen and oxygen atoms in total. The van der Waals surface area contributed by atoms with Gasteiger partial charge in [0.1, 0.15) is 5.75 Å². The Balaban J connectivity index is 2.28. The van der Waals surface area contributed by atoms with E-state index in [0.29, 0.717) is 11.7 Å². The Morgan fingerprint density at radius 2 is 1.73 bits per heavy atom. The molecule has 0 spiro atoms. The zero-order valence-corrected chi connectivity index (χ0v) is 9.27. The van der Waals surface area contributed by atoms with Gasteiger partial charge in [-0.15, -0.1) is 0 Å². The molecular formula is C13H18O2. The van der Waals surface area contributed by atoms with Crippen molar-refractivity contribution in [1.29, 1.82) is 0 Å². The molecule has 0 aromatic heterocycles. The third-order valence-corrected chi connectivity index (χ3v) is 3.78. The first kappa shape index (κ1) is 10.5. The van der Waals surface area contributed by atoms with E-state index < -0.39 is 0 Å². The molecule has 1 aromatic carbocycles. The lowest BCUT2D eigenvalue weighted by molar-refractivity contribution is 0.0706. The number of hydrogen-bond donors (Lipinski definition) is 2. The highest BCUT2D eigenvalue weighted by atomic mass is 16.3. The summed E-state index contributed by atoms with van der Waals surface area (Å²) in [6.45, 7) is 4.23. The minimum atomic E-state index is -0.212. The number of aliphatic hydroxyl groups excluding tert-OH is 1. The van der Waals surface area contributed by atoms with Gasteiger partial charge in [-0.25, -0.2) is 0 Å². The largest absolute Gasteiger partial charge is 0.508 e. The van der Waals surface area contributed by atoms with Gasteiger partial charge in [-0.1, -0.05) is 26.0 Å². The first-order valence-electron chi connectivity index (χ1n) is 5.49. The molecule has 15 heavy (non-hydrogen) atoms. The van der Waals surface area contributed by atoms with Crippen molar-refractivity contribution in [2.24, 2.45) is 5.41 Å². The number of phenols is 1. The Kier molecular flexibility index (Phi) is 2.47. The van der Waals surface area contributed by atoms with Gasteiger partial charge in [0.25, 0.3) is 0 Å². The molecule has 2 rings (SSSR count). The van der Waals surface area contributed by atoms with Gasteiger partial charge in [0.05, 0.1) is 6.10 Å². The van der Waals surface area contributed by atoms with Crippen LogP contribution in [0.5, 0.6) is 5.75 Å². The van der Waals surface area contributed by atoms with Crippen molar-refractivity contribution in [3.05, 3.63) is 29.8 Å². The van der Waals surface area contributed by atoms with E-state index in [1.165, 1.54) is 5.56 Å². The van der Waals surface area contributed by atoms with Crippen LogP contribution >= 0.6 is 0 Å². The van der Waals surface area contributed by atoms with E-state index in [2.05, 4.69) is 13.8 Å². The van der Waals surface area contributed by atoms with E-state index in [0.717, 1.165) is 12.8 Å². The number of aromatic hydroxyl groups is 1. The average molecular weight is 206 g/mol. The standard InChI is InChI=1S/C13H18O2/c1-13(2)11(7-8-12(13)15)9-3-5-10(14)6-4-9/h3-6,11-12,14-15H,7-8H2,1-2H3/t11-,12+/m1/s1. The number of rotatable bonds is 1. The van der Waals surface area contributed by atoms with Crippen molar-refractivity contribution < 1.29 is 10.2 Å². The van der Waals surface area contributed by atoms with Gasteiger partial charge in [0.15, 0.2) is 0 Å². The van der Waals surface area contributed by atoms with Crippen LogP contribution in [0.4, 0.5) is 0 Å².